The maximum Gasteiger partial charge on any atom is 0.367 e. The molecule has 2 aromatic rings. The molecule has 0 radical (unpaired) electrons. The van der Waals surface area contributed by atoms with Gasteiger partial charge in [0, 0.05) is 17.4 Å². The summed E-state index contributed by atoms with van der Waals surface area (Å²) in [6.07, 6.45) is 3.14. The van der Waals surface area contributed by atoms with E-state index in [0.717, 1.165) is 35.8 Å². The van der Waals surface area contributed by atoms with E-state index < -0.39 is 0 Å². The molecule has 0 spiro atoms. The SMILES string of the molecule is O=C1N=C2CCCC2C(SCc2cccc3ccccc23)=N1. The number of carbonyl (C=O) groups is 1. The second-order valence-corrected chi connectivity index (χ2v) is 6.70. The lowest BCUT2D eigenvalue weighted by molar-refractivity contribution is 0.256. The van der Waals surface area contributed by atoms with Gasteiger partial charge in [0.2, 0.25) is 0 Å². The molecular weight excluding hydrogens is 292 g/mol. The highest BCUT2D eigenvalue weighted by Crippen LogP contribution is 2.33. The summed E-state index contributed by atoms with van der Waals surface area (Å²) in [4.78, 5) is 19.9. The van der Waals surface area contributed by atoms with E-state index in [1.54, 1.807) is 11.8 Å². The van der Waals surface area contributed by atoms with Crippen LogP contribution in [0.15, 0.2) is 52.4 Å². The fourth-order valence-corrected chi connectivity index (χ4v) is 4.40. The Hall–Kier alpha value is -1.94. The van der Waals surface area contributed by atoms with E-state index in [1.807, 2.05) is 0 Å². The fourth-order valence-electron chi connectivity index (χ4n) is 3.25. The predicted octanol–water partition coefficient (Wildman–Crippen LogP) is 4.85. The Bertz CT molecular complexity index is 804. The van der Waals surface area contributed by atoms with Crippen molar-refractivity contribution in [1.29, 1.82) is 0 Å². The molecule has 2 aliphatic rings. The summed E-state index contributed by atoms with van der Waals surface area (Å²) in [6, 6.07) is 14.5. The van der Waals surface area contributed by atoms with Gasteiger partial charge in [-0.15, -0.1) is 11.8 Å². The molecule has 1 heterocycles. The van der Waals surface area contributed by atoms with Crippen LogP contribution in [0.2, 0.25) is 0 Å². The van der Waals surface area contributed by atoms with E-state index in [9.17, 15) is 4.79 Å². The number of amides is 2. The van der Waals surface area contributed by atoms with Crippen molar-refractivity contribution in [2.45, 2.75) is 25.0 Å². The molecule has 1 aliphatic heterocycles. The predicted molar refractivity (Wildman–Crippen MR) is 92.9 cm³/mol. The summed E-state index contributed by atoms with van der Waals surface area (Å²) in [5.41, 5.74) is 2.33. The minimum atomic E-state index is -0.325. The number of rotatable bonds is 2. The molecule has 4 heteroatoms. The summed E-state index contributed by atoms with van der Waals surface area (Å²) < 4.78 is 0. The Labute approximate surface area is 133 Å². The smallest absolute Gasteiger partial charge is 0.244 e. The van der Waals surface area contributed by atoms with Crippen molar-refractivity contribution in [3.8, 4) is 0 Å². The van der Waals surface area contributed by atoms with Gasteiger partial charge in [-0.25, -0.2) is 9.79 Å². The molecule has 1 unspecified atom stereocenters. The van der Waals surface area contributed by atoms with E-state index in [2.05, 4.69) is 52.4 Å². The van der Waals surface area contributed by atoms with Crippen molar-refractivity contribution in [2.75, 3.05) is 0 Å². The second-order valence-electron chi connectivity index (χ2n) is 5.71. The van der Waals surface area contributed by atoms with Crippen LogP contribution in [0.1, 0.15) is 24.8 Å². The van der Waals surface area contributed by atoms with Crippen LogP contribution >= 0.6 is 11.8 Å². The number of thioether (sulfide) groups is 1. The van der Waals surface area contributed by atoms with Gasteiger partial charge >= 0.3 is 6.03 Å². The number of nitrogens with zero attached hydrogens (tertiary/aromatic N) is 2. The Morgan fingerprint density at radius 3 is 2.91 bits per heavy atom. The molecule has 22 heavy (non-hydrogen) atoms. The molecule has 2 amide bonds. The third kappa shape index (κ3) is 2.48. The van der Waals surface area contributed by atoms with E-state index in [0.29, 0.717) is 0 Å². The summed E-state index contributed by atoms with van der Waals surface area (Å²) in [7, 11) is 0. The highest BCUT2D eigenvalue weighted by molar-refractivity contribution is 8.13. The zero-order valence-electron chi connectivity index (χ0n) is 12.2. The second kappa shape index (κ2) is 5.69. The van der Waals surface area contributed by atoms with Crippen molar-refractivity contribution in [3.05, 3.63) is 48.0 Å². The Morgan fingerprint density at radius 2 is 1.95 bits per heavy atom. The normalized spacial score (nSPS) is 20.7. The zero-order valence-corrected chi connectivity index (χ0v) is 13.0. The molecule has 110 valence electrons. The van der Waals surface area contributed by atoms with Crippen LogP contribution in [-0.4, -0.2) is 16.8 Å². The van der Waals surface area contributed by atoms with E-state index >= 15 is 0 Å². The van der Waals surface area contributed by atoms with Crippen molar-refractivity contribution in [3.63, 3.8) is 0 Å². The lowest BCUT2D eigenvalue weighted by Gasteiger charge is -2.17. The van der Waals surface area contributed by atoms with Crippen molar-refractivity contribution in [2.24, 2.45) is 15.9 Å². The standard InChI is InChI=1S/C18H16N2OS/c21-18-19-16-10-4-9-15(16)17(20-18)22-11-13-7-3-6-12-5-1-2-8-14(12)13/h1-3,5-8,15H,4,9-11H2. The van der Waals surface area contributed by atoms with Crippen LogP contribution in [0.4, 0.5) is 4.79 Å². The number of benzene rings is 2. The highest BCUT2D eigenvalue weighted by Gasteiger charge is 2.31. The van der Waals surface area contributed by atoms with Gasteiger partial charge in [0.05, 0.1) is 5.04 Å². The number of aliphatic imine (C=N–C) groups is 2. The van der Waals surface area contributed by atoms with Gasteiger partial charge in [-0.2, -0.15) is 4.99 Å². The molecule has 3 nitrogen and oxygen atoms in total. The average molecular weight is 308 g/mol. The third-order valence-corrected chi connectivity index (χ3v) is 5.45. The number of urea groups is 1. The number of fused-ring (bicyclic) bond motifs is 2. The van der Waals surface area contributed by atoms with Crippen LogP contribution in [0, 0.1) is 5.92 Å². The number of carbonyl (C=O) groups excluding carboxylic acids is 1. The Balaban J connectivity index is 1.58. The van der Waals surface area contributed by atoms with E-state index in [1.165, 1.54) is 16.3 Å². The summed E-state index contributed by atoms with van der Waals surface area (Å²) in [6.45, 7) is 0. The minimum absolute atomic E-state index is 0.290. The molecule has 2 aromatic carbocycles. The first-order valence-electron chi connectivity index (χ1n) is 7.61. The van der Waals surface area contributed by atoms with E-state index in [4.69, 9.17) is 0 Å². The number of hydrogen-bond donors (Lipinski definition) is 0. The highest BCUT2D eigenvalue weighted by atomic mass is 32.2. The Morgan fingerprint density at radius 1 is 1.09 bits per heavy atom. The van der Waals surface area contributed by atoms with Crippen molar-refractivity contribution in [1.82, 2.24) is 0 Å². The van der Waals surface area contributed by atoms with Crippen LogP contribution in [0.5, 0.6) is 0 Å². The molecule has 1 atom stereocenters. The molecule has 0 bridgehead atoms. The topological polar surface area (TPSA) is 41.8 Å². The molecule has 0 aromatic heterocycles. The molecule has 0 N–H and O–H groups in total. The molecular formula is C18H16N2OS. The van der Waals surface area contributed by atoms with Crippen molar-refractivity contribution >= 4 is 39.3 Å². The quantitative estimate of drug-likeness (QED) is 0.796. The van der Waals surface area contributed by atoms with Gasteiger partial charge < -0.3 is 0 Å². The monoisotopic (exact) mass is 308 g/mol. The average Bonchev–Trinajstić information content (AvgIpc) is 3.00. The van der Waals surface area contributed by atoms with Gasteiger partial charge in [-0.05, 0) is 35.6 Å². The molecule has 0 saturated heterocycles. The minimum Gasteiger partial charge on any atom is -0.244 e. The summed E-state index contributed by atoms with van der Waals surface area (Å²) in [5.74, 6) is 1.13. The van der Waals surface area contributed by atoms with E-state index in [-0.39, 0.29) is 11.9 Å². The van der Waals surface area contributed by atoms with Gasteiger partial charge in [0.1, 0.15) is 0 Å². The maximum atomic E-state index is 11.7. The number of hydrogen-bond acceptors (Lipinski definition) is 2. The first-order valence-corrected chi connectivity index (χ1v) is 8.59. The molecule has 1 aliphatic carbocycles. The van der Waals surface area contributed by atoms with Crippen molar-refractivity contribution < 1.29 is 4.79 Å². The first kappa shape index (κ1) is 13.7. The van der Waals surface area contributed by atoms with Crippen LogP contribution in [0.25, 0.3) is 10.8 Å². The lowest BCUT2D eigenvalue weighted by atomic mass is 10.1. The lowest BCUT2D eigenvalue weighted by Crippen LogP contribution is -2.22. The molecule has 1 saturated carbocycles. The fraction of sp³-hybridized carbons (Fsp3) is 0.278. The van der Waals surface area contributed by atoms with Gasteiger partial charge in [0.25, 0.3) is 0 Å². The van der Waals surface area contributed by atoms with Gasteiger partial charge in [-0.3, -0.25) is 0 Å². The first-order chi connectivity index (χ1) is 10.8. The Kier molecular flexibility index (Phi) is 3.54. The zero-order chi connectivity index (χ0) is 14.9. The van der Waals surface area contributed by atoms with Gasteiger partial charge in [0.15, 0.2) is 0 Å². The molecule has 4 rings (SSSR count). The third-order valence-electron chi connectivity index (χ3n) is 4.33. The van der Waals surface area contributed by atoms with Crippen LogP contribution in [0.3, 0.4) is 0 Å². The molecule has 1 fully saturated rings. The summed E-state index contributed by atoms with van der Waals surface area (Å²) >= 11 is 1.69. The maximum absolute atomic E-state index is 11.7. The summed E-state index contributed by atoms with van der Waals surface area (Å²) in [5, 5.41) is 3.49. The van der Waals surface area contributed by atoms with Gasteiger partial charge in [-0.1, -0.05) is 42.5 Å². The van der Waals surface area contributed by atoms with Crippen LogP contribution in [-0.2, 0) is 5.75 Å². The largest absolute Gasteiger partial charge is 0.367 e. The van der Waals surface area contributed by atoms with Crippen LogP contribution < -0.4 is 0 Å².